The number of amides is 2. The van der Waals surface area contributed by atoms with Crippen LogP contribution in [0.5, 0.6) is 0 Å². The van der Waals surface area contributed by atoms with Gasteiger partial charge in [0.05, 0.1) is 11.0 Å². The summed E-state index contributed by atoms with van der Waals surface area (Å²) in [5.74, 6) is -0.0643. The Morgan fingerprint density at radius 2 is 2.15 bits per heavy atom. The van der Waals surface area contributed by atoms with Crippen LogP contribution in [0.3, 0.4) is 0 Å². The van der Waals surface area contributed by atoms with Gasteiger partial charge in [-0.1, -0.05) is 37.3 Å². The monoisotopic (exact) mass is 373 g/mol. The Hall–Kier alpha value is -2.41. The predicted molar refractivity (Wildman–Crippen MR) is 100 cm³/mol. The fourth-order valence-electron chi connectivity index (χ4n) is 2.89. The molecule has 0 aliphatic carbocycles. The Morgan fingerprint density at radius 1 is 1.35 bits per heavy atom. The molecule has 1 aliphatic heterocycles. The highest BCUT2D eigenvalue weighted by Gasteiger charge is 2.29. The minimum Gasteiger partial charge on any atom is -0.445 e. The van der Waals surface area contributed by atoms with Crippen molar-refractivity contribution in [1.82, 2.24) is 15.2 Å². The molecule has 0 spiro atoms. The molecule has 1 aliphatic rings. The van der Waals surface area contributed by atoms with E-state index in [0.29, 0.717) is 18.8 Å². The fraction of sp³-hybridized carbons (Fsp3) is 0.421. The molecule has 2 amide bonds. The molecule has 26 heavy (non-hydrogen) atoms. The van der Waals surface area contributed by atoms with E-state index in [4.69, 9.17) is 4.74 Å². The van der Waals surface area contributed by atoms with Gasteiger partial charge < -0.3 is 15.0 Å². The van der Waals surface area contributed by atoms with Crippen LogP contribution in [-0.2, 0) is 17.8 Å². The van der Waals surface area contributed by atoms with Crippen molar-refractivity contribution >= 4 is 23.3 Å². The molecule has 1 saturated heterocycles. The maximum absolute atomic E-state index is 12.5. The zero-order valence-corrected chi connectivity index (χ0v) is 15.6. The number of alkyl carbamates (subject to hydrolysis) is 1. The average molecular weight is 373 g/mol. The van der Waals surface area contributed by atoms with Crippen molar-refractivity contribution in [2.45, 2.75) is 38.8 Å². The van der Waals surface area contributed by atoms with Crippen LogP contribution in [0.2, 0.25) is 0 Å². The highest BCUT2D eigenvalue weighted by Crippen LogP contribution is 2.17. The van der Waals surface area contributed by atoms with E-state index in [1.165, 1.54) is 11.3 Å². The number of aryl methyl sites for hydroxylation is 1. The van der Waals surface area contributed by atoms with Crippen molar-refractivity contribution < 1.29 is 14.3 Å². The minimum atomic E-state index is -0.452. The number of hydrogen-bond acceptors (Lipinski definition) is 5. The highest BCUT2D eigenvalue weighted by molar-refractivity contribution is 7.09. The van der Waals surface area contributed by atoms with Gasteiger partial charge in [0.25, 0.3) is 5.91 Å². The number of hydrogen-bond donors (Lipinski definition) is 1. The Morgan fingerprint density at radius 3 is 2.92 bits per heavy atom. The first-order chi connectivity index (χ1) is 12.7. The SMILES string of the molecule is CCCc1nc(C(=O)N2CC[C@@H](NC(=O)OCc3ccccc3)C2)cs1. The number of ether oxygens (including phenoxy) is 1. The maximum atomic E-state index is 12.5. The van der Waals surface area contributed by atoms with Gasteiger partial charge >= 0.3 is 6.09 Å². The number of rotatable bonds is 6. The van der Waals surface area contributed by atoms with Gasteiger partial charge in [-0.2, -0.15) is 0 Å². The molecule has 0 unspecified atom stereocenters. The molecule has 1 aromatic carbocycles. The highest BCUT2D eigenvalue weighted by atomic mass is 32.1. The van der Waals surface area contributed by atoms with Crippen molar-refractivity contribution in [2.24, 2.45) is 0 Å². The first-order valence-corrected chi connectivity index (χ1v) is 9.74. The number of nitrogens with zero attached hydrogens (tertiary/aromatic N) is 2. The van der Waals surface area contributed by atoms with Crippen molar-refractivity contribution in [3.8, 4) is 0 Å². The Balaban J connectivity index is 1.45. The van der Waals surface area contributed by atoms with Gasteiger partial charge in [0.15, 0.2) is 0 Å². The summed E-state index contributed by atoms with van der Waals surface area (Å²) in [6.07, 6.45) is 2.18. The lowest BCUT2D eigenvalue weighted by Gasteiger charge is -2.16. The smallest absolute Gasteiger partial charge is 0.407 e. The van der Waals surface area contributed by atoms with Crippen molar-refractivity contribution in [1.29, 1.82) is 0 Å². The molecule has 2 aromatic rings. The minimum absolute atomic E-state index is 0.0643. The molecule has 1 fully saturated rings. The molecule has 0 bridgehead atoms. The summed E-state index contributed by atoms with van der Waals surface area (Å²) in [4.78, 5) is 30.6. The van der Waals surface area contributed by atoms with Crippen LogP contribution in [-0.4, -0.2) is 41.0 Å². The van der Waals surface area contributed by atoms with Crippen molar-refractivity contribution in [3.63, 3.8) is 0 Å². The second kappa shape index (κ2) is 8.80. The third-order valence-corrected chi connectivity index (χ3v) is 5.15. The molecule has 1 N–H and O–H groups in total. The van der Waals surface area contributed by atoms with Crippen LogP contribution >= 0.6 is 11.3 Å². The van der Waals surface area contributed by atoms with E-state index in [9.17, 15) is 9.59 Å². The summed E-state index contributed by atoms with van der Waals surface area (Å²) in [6.45, 7) is 3.43. The number of benzene rings is 1. The molecule has 0 saturated carbocycles. The molecule has 6 nitrogen and oxygen atoms in total. The molecule has 1 aromatic heterocycles. The molecular formula is C19H23N3O3S. The van der Waals surface area contributed by atoms with Crippen LogP contribution in [0, 0.1) is 0 Å². The van der Waals surface area contributed by atoms with E-state index in [0.717, 1.165) is 29.8 Å². The quantitative estimate of drug-likeness (QED) is 0.844. The summed E-state index contributed by atoms with van der Waals surface area (Å²) in [5, 5.41) is 5.65. The van der Waals surface area contributed by atoms with Crippen molar-refractivity contribution in [3.05, 3.63) is 52.0 Å². The van der Waals surface area contributed by atoms with Gasteiger partial charge in [0, 0.05) is 18.5 Å². The van der Waals surface area contributed by atoms with Gasteiger partial charge in [0.2, 0.25) is 0 Å². The van der Waals surface area contributed by atoms with Gasteiger partial charge in [-0.15, -0.1) is 11.3 Å². The summed E-state index contributed by atoms with van der Waals surface area (Å²) >= 11 is 1.53. The summed E-state index contributed by atoms with van der Waals surface area (Å²) in [5.41, 5.74) is 1.45. The van der Waals surface area contributed by atoms with Gasteiger partial charge in [-0.3, -0.25) is 4.79 Å². The Kier molecular flexibility index (Phi) is 6.22. The van der Waals surface area contributed by atoms with E-state index < -0.39 is 6.09 Å². The predicted octanol–water partition coefficient (Wildman–Crippen LogP) is 3.24. The fourth-order valence-corrected chi connectivity index (χ4v) is 3.77. The van der Waals surface area contributed by atoms with Gasteiger partial charge in [-0.25, -0.2) is 9.78 Å². The van der Waals surface area contributed by atoms with E-state index in [1.54, 1.807) is 4.90 Å². The summed E-state index contributed by atoms with van der Waals surface area (Å²) < 4.78 is 5.24. The second-order valence-electron chi connectivity index (χ2n) is 6.32. The number of aromatic nitrogens is 1. The van der Waals surface area contributed by atoms with Crippen LogP contribution in [0.4, 0.5) is 4.79 Å². The van der Waals surface area contributed by atoms with Crippen LogP contribution < -0.4 is 5.32 Å². The molecule has 138 valence electrons. The Labute approximate surface area is 157 Å². The lowest BCUT2D eigenvalue weighted by Crippen LogP contribution is -2.38. The largest absolute Gasteiger partial charge is 0.445 e. The van der Waals surface area contributed by atoms with Gasteiger partial charge in [0.1, 0.15) is 12.3 Å². The molecule has 1 atom stereocenters. The first-order valence-electron chi connectivity index (χ1n) is 8.86. The normalized spacial score (nSPS) is 16.5. The molecular weight excluding hydrogens is 350 g/mol. The zero-order chi connectivity index (χ0) is 18.4. The van der Waals surface area contributed by atoms with E-state index in [2.05, 4.69) is 17.2 Å². The summed E-state index contributed by atoms with van der Waals surface area (Å²) in [6, 6.07) is 9.45. The van der Waals surface area contributed by atoms with Gasteiger partial charge in [-0.05, 0) is 24.8 Å². The zero-order valence-electron chi connectivity index (χ0n) is 14.8. The van der Waals surface area contributed by atoms with Crippen LogP contribution in [0.1, 0.15) is 40.8 Å². The average Bonchev–Trinajstić information content (AvgIpc) is 3.30. The third kappa shape index (κ3) is 4.82. The summed E-state index contributed by atoms with van der Waals surface area (Å²) in [7, 11) is 0. The number of thiazole rings is 1. The molecule has 7 heteroatoms. The lowest BCUT2D eigenvalue weighted by atomic mass is 10.2. The number of carbonyl (C=O) groups is 2. The molecule has 2 heterocycles. The second-order valence-corrected chi connectivity index (χ2v) is 7.26. The van der Waals surface area contributed by atoms with Crippen LogP contribution in [0.25, 0.3) is 0 Å². The lowest BCUT2D eigenvalue weighted by molar-refractivity contribution is 0.0781. The third-order valence-electron chi connectivity index (χ3n) is 4.24. The topological polar surface area (TPSA) is 71.5 Å². The standard InChI is InChI=1S/C19H23N3O3S/c1-2-6-17-21-16(13-26-17)18(23)22-10-9-15(11-22)20-19(24)25-12-14-7-4-3-5-8-14/h3-5,7-8,13,15H,2,6,9-12H2,1H3,(H,20,24)/t15-/m1/s1. The number of likely N-dealkylation sites (tertiary alicyclic amines) is 1. The van der Waals surface area contributed by atoms with Crippen LogP contribution in [0.15, 0.2) is 35.7 Å². The van der Waals surface area contributed by atoms with E-state index in [-0.39, 0.29) is 18.6 Å². The Bertz CT molecular complexity index is 747. The molecule has 3 rings (SSSR count). The number of carbonyl (C=O) groups excluding carboxylic acids is 2. The first kappa shape index (κ1) is 18.4. The maximum Gasteiger partial charge on any atom is 0.407 e. The molecule has 0 radical (unpaired) electrons. The van der Waals surface area contributed by atoms with E-state index >= 15 is 0 Å². The van der Waals surface area contributed by atoms with Crippen molar-refractivity contribution in [2.75, 3.05) is 13.1 Å². The number of nitrogens with one attached hydrogen (secondary N) is 1. The van der Waals surface area contributed by atoms with E-state index in [1.807, 2.05) is 35.7 Å².